The Hall–Kier alpha value is -1.75. The van der Waals surface area contributed by atoms with Crippen molar-refractivity contribution >= 4 is 29.2 Å². The number of hydrogen-bond donors (Lipinski definition) is 3. The fraction of sp³-hybridized carbons (Fsp3) is 0.385. The number of phenolic OH excluding ortho intramolecular Hbond substituents is 1. The number of carbonyl (C=O) groups is 2. The third-order valence-corrected chi connectivity index (χ3v) is 3.83. The molecule has 0 aliphatic heterocycles. The summed E-state index contributed by atoms with van der Waals surface area (Å²) in [6, 6.07) is 4.31. The standard InChI is InChI=1S/C13H14ClNO4/c1-13(2)9(10(13)12(18)19)11(17)15-7-4-3-6(14)5-8(7)16/h3-5,9-10,16H,1-2H3,(H,15,17)(H,18,19)/t9-,10+/m1/s1. The fourth-order valence-electron chi connectivity index (χ4n) is 2.41. The van der Waals surface area contributed by atoms with E-state index in [0.717, 1.165) is 0 Å². The molecule has 1 aromatic rings. The van der Waals surface area contributed by atoms with Crippen molar-refractivity contribution in [2.75, 3.05) is 5.32 Å². The minimum absolute atomic E-state index is 0.147. The van der Waals surface area contributed by atoms with Gasteiger partial charge in [-0.3, -0.25) is 9.59 Å². The molecule has 1 aliphatic carbocycles. The summed E-state index contributed by atoms with van der Waals surface area (Å²) in [5, 5.41) is 21.5. The lowest BCUT2D eigenvalue weighted by atomic mass is 10.1. The Labute approximate surface area is 115 Å². The lowest BCUT2D eigenvalue weighted by molar-refractivity contribution is -0.140. The number of anilines is 1. The second-order valence-corrected chi connectivity index (χ2v) is 5.70. The Morgan fingerprint density at radius 3 is 2.42 bits per heavy atom. The minimum atomic E-state index is -0.981. The maximum atomic E-state index is 12.0. The number of nitrogens with one attached hydrogen (secondary N) is 1. The van der Waals surface area contributed by atoms with E-state index in [1.54, 1.807) is 13.8 Å². The topological polar surface area (TPSA) is 86.6 Å². The Balaban J connectivity index is 2.13. The van der Waals surface area contributed by atoms with Crippen molar-refractivity contribution in [2.24, 2.45) is 17.3 Å². The van der Waals surface area contributed by atoms with Crippen LogP contribution in [0.4, 0.5) is 5.69 Å². The predicted octanol–water partition coefficient (Wildman–Crippen LogP) is 2.34. The molecule has 0 aromatic heterocycles. The molecule has 3 N–H and O–H groups in total. The number of carboxylic acids is 1. The zero-order chi connectivity index (χ0) is 14.4. The van der Waals surface area contributed by atoms with Crippen molar-refractivity contribution in [3.8, 4) is 5.75 Å². The maximum absolute atomic E-state index is 12.0. The molecule has 2 atom stereocenters. The largest absolute Gasteiger partial charge is 0.506 e. The summed E-state index contributed by atoms with van der Waals surface area (Å²) >= 11 is 5.69. The number of benzene rings is 1. The Morgan fingerprint density at radius 2 is 1.95 bits per heavy atom. The fourth-order valence-corrected chi connectivity index (χ4v) is 2.58. The van der Waals surface area contributed by atoms with E-state index in [2.05, 4.69) is 5.32 Å². The summed E-state index contributed by atoms with van der Waals surface area (Å²) in [6.45, 7) is 3.47. The number of carboxylic acid groups (broad SMARTS) is 1. The molecule has 102 valence electrons. The van der Waals surface area contributed by atoms with Crippen LogP contribution in [-0.2, 0) is 9.59 Å². The second kappa shape index (κ2) is 4.42. The van der Waals surface area contributed by atoms with Gasteiger partial charge in [0.15, 0.2) is 0 Å². The molecular formula is C13H14ClNO4. The Bertz CT molecular complexity index is 556. The van der Waals surface area contributed by atoms with Gasteiger partial charge >= 0.3 is 5.97 Å². The van der Waals surface area contributed by atoms with Crippen molar-refractivity contribution in [3.05, 3.63) is 23.2 Å². The maximum Gasteiger partial charge on any atom is 0.307 e. The van der Waals surface area contributed by atoms with Crippen LogP contribution >= 0.6 is 11.6 Å². The lowest BCUT2D eigenvalue weighted by Gasteiger charge is -2.08. The zero-order valence-corrected chi connectivity index (χ0v) is 11.2. The van der Waals surface area contributed by atoms with E-state index in [9.17, 15) is 14.7 Å². The summed E-state index contributed by atoms with van der Waals surface area (Å²) < 4.78 is 0. The first-order chi connectivity index (χ1) is 8.75. The Morgan fingerprint density at radius 1 is 1.32 bits per heavy atom. The number of rotatable bonds is 3. The minimum Gasteiger partial charge on any atom is -0.506 e. The van der Waals surface area contributed by atoms with Gasteiger partial charge < -0.3 is 15.5 Å². The van der Waals surface area contributed by atoms with Gasteiger partial charge in [0.05, 0.1) is 17.5 Å². The highest BCUT2D eigenvalue weighted by Crippen LogP contribution is 2.58. The SMILES string of the molecule is CC1(C)[C@H](C(=O)O)[C@@H]1C(=O)Nc1ccc(Cl)cc1O. The van der Waals surface area contributed by atoms with Gasteiger partial charge in [0.2, 0.25) is 5.91 Å². The van der Waals surface area contributed by atoms with Crippen LogP contribution in [0.2, 0.25) is 5.02 Å². The molecule has 19 heavy (non-hydrogen) atoms. The molecular weight excluding hydrogens is 270 g/mol. The van der Waals surface area contributed by atoms with Crippen LogP contribution in [0, 0.1) is 17.3 Å². The van der Waals surface area contributed by atoms with Crippen LogP contribution in [0.3, 0.4) is 0 Å². The van der Waals surface area contributed by atoms with Crippen molar-refractivity contribution in [2.45, 2.75) is 13.8 Å². The van der Waals surface area contributed by atoms with E-state index in [-0.39, 0.29) is 11.4 Å². The molecule has 0 heterocycles. The second-order valence-electron chi connectivity index (χ2n) is 5.27. The first-order valence-electron chi connectivity index (χ1n) is 5.77. The van der Waals surface area contributed by atoms with Crippen molar-refractivity contribution < 1.29 is 19.8 Å². The highest BCUT2D eigenvalue weighted by atomic mass is 35.5. The molecule has 5 nitrogen and oxygen atoms in total. The molecule has 1 saturated carbocycles. The van der Waals surface area contributed by atoms with E-state index < -0.39 is 29.1 Å². The zero-order valence-electron chi connectivity index (χ0n) is 10.5. The summed E-state index contributed by atoms with van der Waals surface area (Å²) in [6.07, 6.45) is 0. The van der Waals surface area contributed by atoms with Gasteiger partial charge in [0, 0.05) is 11.1 Å². The van der Waals surface area contributed by atoms with E-state index in [1.807, 2.05) is 0 Å². The van der Waals surface area contributed by atoms with E-state index in [1.165, 1.54) is 18.2 Å². The van der Waals surface area contributed by atoms with Gasteiger partial charge in [-0.1, -0.05) is 25.4 Å². The third-order valence-electron chi connectivity index (χ3n) is 3.59. The molecule has 1 aliphatic rings. The van der Waals surface area contributed by atoms with Gasteiger partial charge in [0.1, 0.15) is 5.75 Å². The number of aliphatic carboxylic acids is 1. The number of aromatic hydroxyl groups is 1. The molecule has 1 fully saturated rings. The molecule has 0 radical (unpaired) electrons. The number of carbonyl (C=O) groups excluding carboxylic acids is 1. The van der Waals surface area contributed by atoms with Gasteiger partial charge in [-0.05, 0) is 17.5 Å². The number of amides is 1. The van der Waals surface area contributed by atoms with Crippen molar-refractivity contribution in [1.29, 1.82) is 0 Å². The molecule has 1 amide bonds. The summed E-state index contributed by atoms with van der Waals surface area (Å²) in [4.78, 5) is 23.0. The van der Waals surface area contributed by atoms with Gasteiger partial charge in [-0.2, -0.15) is 0 Å². The van der Waals surface area contributed by atoms with Crippen molar-refractivity contribution in [3.63, 3.8) is 0 Å². The third kappa shape index (κ3) is 2.38. The average molecular weight is 284 g/mol. The first kappa shape index (κ1) is 13.7. The normalized spacial score (nSPS) is 23.7. The first-order valence-corrected chi connectivity index (χ1v) is 6.15. The molecule has 0 bridgehead atoms. The molecule has 2 rings (SSSR count). The smallest absolute Gasteiger partial charge is 0.307 e. The molecule has 0 unspecified atom stereocenters. The molecule has 0 saturated heterocycles. The van der Waals surface area contributed by atoms with Gasteiger partial charge in [-0.15, -0.1) is 0 Å². The highest BCUT2D eigenvalue weighted by molar-refractivity contribution is 6.30. The summed E-state index contributed by atoms with van der Waals surface area (Å²) in [5.41, 5.74) is -0.348. The average Bonchev–Trinajstić information content (AvgIpc) is 2.86. The number of halogens is 1. The number of phenols is 1. The van der Waals surface area contributed by atoms with Crippen LogP contribution in [0.25, 0.3) is 0 Å². The van der Waals surface area contributed by atoms with Crippen LogP contribution in [-0.4, -0.2) is 22.1 Å². The Kier molecular flexibility index (Phi) is 3.18. The molecule has 6 heteroatoms. The summed E-state index contributed by atoms with van der Waals surface area (Å²) in [5.74, 6) is -2.83. The lowest BCUT2D eigenvalue weighted by Crippen LogP contribution is -2.17. The monoisotopic (exact) mass is 283 g/mol. The van der Waals surface area contributed by atoms with Crippen LogP contribution in [0.15, 0.2) is 18.2 Å². The van der Waals surface area contributed by atoms with E-state index in [4.69, 9.17) is 16.7 Å². The molecule has 0 spiro atoms. The van der Waals surface area contributed by atoms with Crippen LogP contribution < -0.4 is 5.32 Å². The van der Waals surface area contributed by atoms with Gasteiger partial charge in [0.25, 0.3) is 0 Å². The van der Waals surface area contributed by atoms with E-state index >= 15 is 0 Å². The number of hydrogen-bond acceptors (Lipinski definition) is 3. The van der Waals surface area contributed by atoms with Crippen molar-refractivity contribution in [1.82, 2.24) is 0 Å². The predicted molar refractivity (Wildman–Crippen MR) is 70.1 cm³/mol. The quantitative estimate of drug-likeness (QED) is 0.743. The molecule has 1 aromatic carbocycles. The van der Waals surface area contributed by atoms with Crippen LogP contribution in [0.5, 0.6) is 5.75 Å². The van der Waals surface area contributed by atoms with Crippen LogP contribution in [0.1, 0.15) is 13.8 Å². The van der Waals surface area contributed by atoms with Gasteiger partial charge in [-0.25, -0.2) is 0 Å². The highest BCUT2D eigenvalue weighted by Gasteiger charge is 2.65. The summed E-state index contributed by atoms with van der Waals surface area (Å²) in [7, 11) is 0. The van der Waals surface area contributed by atoms with E-state index in [0.29, 0.717) is 5.02 Å².